The van der Waals surface area contributed by atoms with Gasteiger partial charge in [0.2, 0.25) is 5.89 Å². The van der Waals surface area contributed by atoms with E-state index in [1.165, 1.54) is 6.26 Å². The molecule has 1 fully saturated rings. The third kappa shape index (κ3) is 4.40. The lowest BCUT2D eigenvalue weighted by atomic mass is 10.2. The number of rotatable bonds is 6. The summed E-state index contributed by atoms with van der Waals surface area (Å²) < 4.78 is 5.56. The van der Waals surface area contributed by atoms with Crippen LogP contribution in [-0.4, -0.2) is 39.8 Å². The Balaban J connectivity index is 1.70. The fourth-order valence-corrected chi connectivity index (χ4v) is 3.43. The number of oxazole rings is 1. The van der Waals surface area contributed by atoms with Crippen molar-refractivity contribution in [2.24, 2.45) is 0 Å². The monoisotopic (exact) mass is 395 g/mol. The van der Waals surface area contributed by atoms with Crippen molar-refractivity contribution in [1.82, 2.24) is 14.8 Å². The normalized spacial score (nSPS) is 14.6. The van der Waals surface area contributed by atoms with E-state index in [0.717, 1.165) is 31.5 Å². The molecule has 0 radical (unpaired) electrons. The van der Waals surface area contributed by atoms with E-state index in [4.69, 9.17) is 27.6 Å². The highest BCUT2D eigenvalue weighted by atomic mass is 35.5. The number of likely N-dealkylation sites (tertiary alicyclic amines) is 1. The van der Waals surface area contributed by atoms with Gasteiger partial charge in [0.05, 0.1) is 16.6 Å². The lowest BCUT2D eigenvalue weighted by Crippen LogP contribution is -2.30. The second kappa shape index (κ2) is 8.42. The molecule has 1 aliphatic heterocycles. The summed E-state index contributed by atoms with van der Waals surface area (Å²) in [7, 11) is 0. The first-order valence-corrected chi connectivity index (χ1v) is 9.62. The van der Waals surface area contributed by atoms with Gasteiger partial charge in [-0.05, 0) is 38.3 Å². The molecule has 1 aromatic carbocycles. The number of carbonyl (C=O) groups excluding carboxylic acids is 1. The largest absolute Gasteiger partial charge is 0.447 e. The number of hydrogen-bond donors (Lipinski definition) is 0. The van der Waals surface area contributed by atoms with Crippen LogP contribution in [0.2, 0.25) is 10.0 Å². The van der Waals surface area contributed by atoms with Crippen molar-refractivity contribution in [1.29, 1.82) is 0 Å². The molecule has 0 bridgehead atoms. The average molecular weight is 396 g/mol. The number of hydrogen-bond acceptors (Lipinski definition) is 4. The second-order valence-electron chi connectivity index (χ2n) is 6.84. The first-order chi connectivity index (χ1) is 12.5. The van der Waals surface area contributed by atoms with Crippen molar-refractivity contribution >= 4 is 29.1 Å². The molecule has 1 amide bonds. The Labute approximate surface area is 163 Å². The van der Waals surface area contributed by atoms with Crippen LogP contribution in [0.5, 0.6) is 0 Å². The molecule has 140 valence electrons. The minimum absolute atomic E-state index is 0.0496. The van der Waals surface area contributed by atoms with Gasteiger partial charge in [0.1, 0.15) is 6.26 Å². The first kappa shape index (κ1) is 19.2. The highest BCUT2D eigenvalue weighted by Gasteiger charge is 2.23. The lowest BCUT2D eigenvalue weighted by molar-refractivity contribution is 0.0787. The molecule has 0 aliphatic carbocycles. The standard InChI is InChI=1S/C19H23Cl2N3O2/c1-13(2)24(10-14-6-5-7-15(20)18(14)21)11-17-22-16(12-26-17)19(25)23-8-3-4-9-23/h5-7,12-13H,3-4,8-11H2,1-2H3. The van der Waals surface area contributed by atoms with Gasteiger partial charge in [-0.25, -0.2) is 4.98 Å². The Kier molecular flexibility index (Phi) is 6.22. The molecule has 2 heterocycles. The summed E-state index contributed by atoms with van der Waals surface area (Å²) in [6.07, 6.45) is 3.57. The van der Waals surface area contributed by atoms with Gasteiger partial charge in [-0.3, -0.25) is 9.69 Å². The van der Waals surface area contributed by atoms with E-state index in [1.807, 2.05) is 17.0 Å². The first-order valence-electron chi connectivity index (χ1n) is 8.86. The summed E-state index contributed by atoms with van der Waals surface area (Å²) in [4.78, 5) is 20.8. The lowest BCUT2D eigenvalue weighted by Gasteiger charge is -2.25. The van der Waals surface area contributed by atoms with Gasteiger partial charge >= 0.3 is 0 Å². The van der Waals surface area contributed by atoms with E-state index in [9.17, 15) is 4.79 Å². The Morgan fingerprint density at radius 2 is 2.00 bits per heavy atom. The third-order valence-electron chi connectivity index (χ3n) is 4.64. The molecule has 0 N–H and O–H groups in total. The Hall–Kier alpha value is -1.56. The van der Waals surface area contributed by atoms with Gasteiger partial charge in [-0.2, -0.15) is 0 Å². The van der Waals surface area contributed by atoms with E-state index in [0.29, 0.717) is 34.7 Å². The van der Waals surface area contributed by atoms with Crippen molar-refractivity contribution in [3.63, 3.8) is 0 Å². The molecule has 1 aromatic heterocycles. The Bertz CT molecular complexity index is 770. The summed E-state index contributed by atoms with van der Waals surface area (Å²) in [5, 5.41) is 1.11. The fraction of sp³-hybridized carbons (Fsp3) is 0.474. The van der Waals surface area contributed by atoms with Crippen LogP contribution in [0.25, 0.3) is 0 Å². The van der Waals surface area contributed by atoms with E-state index in [1.54, 1.807) is 6.07 Å². The van der Waals surface area contributed by atoms with E-state index in [2.05, 4.69) is 23.7 Å². The second-order valence-corrected chi connectivity index (χ2v) is 7.62. The molecule has 3 rings (SSSR count). The molecule has 0 spiro atoms. The van der Waals surface area contributed by atoms with Crippen LogP contribution < -0.4 is 0 Å². The molecule has 2 aromatic rings. The summed E-state index contributed by atoms with van der Waals surface area (Å²) >= 11 is 12.4. The van der Waals surface area contributed by atoms with Gasteiger partial charge in [0.25, 0.3) is 5.91 Å². The molecule has 1 aliphatic rings. The predicted molar refractivity (Wildman–Crippen MR) is 102 cm³/mol. The van der Waals surface area contributed by atoms with Gasteiger partial charge in [0.15, 0.2) is 5.69 Å². The van der Waals surface area contributed by atoms with Gasteiger partial charge in [-0.15, -0.1) is 0 Å². The molecule has 5 nitrogen and oxygen atoms in total. The van der Waals surface area contributed by atoms with Crippen LogP contribution in [0.3, 0.4) is 0 Å². The van der Waals surface area contributed by atoms with Crippen molar-refractivity contribution in [3.05, 3.63) is 51.7 Å². The molecular formula is C19H23Cl2N3O2. The summed E-state index contributed by atoms with van der Waals surface area (Å²) in [6.45, 7) is 6.90. The van der Waals surface area contributed by atoms with E-state index < -0.39 is 0 Å². The number of aromatic nitrogens is 1. The molecule has 7 heteroatoms. The SMILES string of the molecule is CC(C)N(Cc1nc(C(=O)N2CCCC2)co1)Cc1cccc(Cl)c1Cl. The quantitative estimate of drug-likeness (QED) is 0.715. The third-order valence-corrected chi connectivity index (χ3v) is 5.50. The average Bonchev–Trinajstić information content (AvgIpc) is 3.29. The maximum Gasteiger partial charge on any atom is 0.275 e. The van der Waals surface area contributed by atoms with Crippen molar-refractivity contribution in [2.45, 2.75) is 45.8 Å². The molecule has 0 atom stereocenters. The molecule has 1 saturated heterocycles. The maximum atomic E-state index is 12.4. The van der Waals surface area contributed by atoms with Gasteiger partial charge in [0, 0.05) is 25.7 Å². The molecular weight excluding hydrogens is 373 g/mol. The minimum Gasteiger partial charge on any atom is -0.447 e. The van der Waals surface area contributed by atoms with E-state index >= 15 is 0 Å². The highest BCUT2D eigenvalue weighted by molar-refractivity contribution is 6.42. The summed E-state index contributed by atoms with van der Waals surface area (Å²) in [5.74, 6) is 0.478. The van der Waals surface area contributed by atoms with Crippen LogP contribution >= 0.6 is 23.2 Å². The zero-order chi connectivity index (χ0) is 18.7. The van der Waals surface area contributed by atoms with Crippen LogP contribution in [0.4, 0.5) is 0 Å². The zero-order valence-corrected chi connectivity index (χ0v) is 16.6. The summed E-state index contributed by atoms with van der Waals surface area (Å²) in [6, 6.07) is 5.87. The minimum atomic E-state index is -0.0496. The van der Waals surface area contributed by atoms with Gasteiger partial charge in [-0.1, -0.05) is 35.3 Å². The van der Waals surface area contributed by atoms with Gasteiger partial charge < -0.3 is 9.32 Å². The van der Waals surface area contributed by atoms with Crippen molar-refractivity contribution < 1.29 is 9.21 Å². The zero-order valence-electron chi connectivity index (χ0n) is 15.0. The number of nitrogens with zero attached hydrogens (tertiary/aromatic N) is 3. The highest BCUT2D eigenvalue weighted by Crippen LogP contribution is 2.27. The Morgan fingerprint density at radius 1 is 1.27 bits per heavy atom. The Morgan fingerprint density at radius 3 is 2.69 bits per heavy atom. The molecule has 0 saturated carbocycles. The fourth-order valence-electron chi connectivity index (χ4n) is 3.05. The smallest absolute Gasteiger partial charge is 0.275 e. The number of amides is 1. The molecule has 0 unspecified atom stereocenters. The topological polar surface area (TPSA) is 49.6 Å². The number of carbonyl (C=O) groups is 1. The maximum absolute atomic E-state index is 12.4. The molecule has 26 heavy (non-hydrogen) atoms. The summed E-state index contributed by atoms with van der Waals surface area (Å²) in [5.41, 5.74) is 1.33. The number of halogens is 2. The number of benzene rings is 1. The predicted octanol–water partition coefficient (Wildman–Crippen LogP) is 4.63. The van der Waals surface area contributed by atoms with Crippen LogP contribution in [-0.2, 0) is 13.1 Å². The van der Waals surface area contributed by atoms with Crippen LogP contribution in [0.15, 0.2) is 28.9 Å². The van der Waals surface area contributed by atoms with E-state index in [-0.39, 0.29) is 11.9 Å². The van der Waals surface area contributed by atoms with Crippen LogP contribution in [0.1, 0.15) is 48.6 Å². The van der Waals surface area contributed by atoms with Crippen molar-refractivity contribution in [3.8, 4) is 0 Å². The van der Waals surface area contributed by atoms with Crippen molar-refractivity contribution in [2.75, 3.05) is 13.1 Å². The van der Waals surface area contributed by atoms with Crippen LogP contribution in [0, 0.1) is 0 Å².